The summed E-state index contributed by atoms with van der Waals surface area (Å²) in [5, 5.41) is 19.0. The predicted molar refractivity (Wildman–Crippen MR) is 103 cm³/mol. The number of aromatic nitrogens is 3. The lowest BCUT2D eigenvalue weighted by atomic mass is 9.79. The second-order valence-corrected chi connectivity index (χ2v) is 8.15. The summed E-state index contributed by atoms with van der Waals surface area (Å²) in [5.74, 6) is 2.39. The van der Waals surface area contributed by atoms with Crippen molar-refractivity contribution >= 4 is 22.3 Å². The molecule has 0 radical (unpaired) electrons. The molecular weight excluding hydrogens is 358 g/mol. The van der Waals surface area contributed by atoms with Crippen molar-refractivity contribution in [2.45, 2.75) is 25.7 Å². The number of hydrogen-bond donors (Lipinski definition) is 0. The van der Waals surface area contributed by atoms with Crippen LogP contribution in [0, 0.1) is 34.5 Å². The monoisotopic (exact) mass is 379 g/mol. The first-order chi connectivity index (χ1) is 13.3. The van der Waals surface area contributed by atoms with Gasteiger partial charge in [0.25, 0.3) is 0 Å². The van der Waals surface area contributed by atoms with Gasteiger partial charge in [0.15, 0.2) is 5.13 Å². The zero-order chi connectivity index (χ0) is 18.6. The van der Waals surface area contributed by atoms with Crippen LogP contribution in [0.5, 0.6) is 0 Å². The van der Waals surface area contributed by atoms with E-state index in [0.717, 1.165) is 49.0 Å². The molecule has 0 amide bonds. The first-order valence-corrected chi connectivity index (χ1v) is 10.2. The molecule has 2 aliphatic heterocycles. The minimum absolute atomic E-state index is 0.427. The molecule has 2 fully saturated rings. The number of rotatable bonds is 3. The Balaban J connectivity index is 1.29. The molecule has 4 rings (SSSR count). The van der Waals surface area contributed by atoms with Crippen LogP contribution in [-0.4, -0.2) is 41.1 Å². The van der Waals surface area contributed by atoms with Crippen LogP contribution in [0.4, 0.5) is 10.9 Å². The molecule has 2 aliphatic rings. The van der Waals surface area contributed by atoms with Gasteiger partial charge in [0.2, 0.25) is 0 Å². The average molecular weight is 379 g/mol. The number of hydrogen-bond acceptors (Lipinski definition) is 8. The Bertz CT molecular complexity index is 865. The third-order valence-electron chi connectivity index (χ3n) is 5.71. The van der Waals surface area contributed by atoms with Crippen LogP contribution < -0.4 is 9.80 Å². The van der Waals surface area contributed by atoms with Gasteiger partial charge in [-0.15, -0.1) is 0 Å². The molecule has 0 bridgehead atoms. The molecule has 27 heavy (non-hydrogen) atoms. The van der Waals surface area contributed by atoms with Gasteiger partial charge in [0.1, 0.15) is 34.9 Å². The number of thiazole rings is 1. The Hall–Kier alpha value is -2.71. The molecule has 7 nitrogen and oxygen atoms in total. The fraction of sp³-hybridized carbons (Fsp3) is 0.526. The topological polar surface area (TPSA) is 92.7 Å². The van der Waals surface area contributed by atoms with E-state index < -0.39 is 0 Å². The summed E-state index contributed by atoms with van der Waals surface area (Å²) >= 11 is 1.49. The number of nitrogens with zero attached hydrogens (tertiary/aromatic N) is 7. The lowest BCUT2D eigenvalue weighted by Crippen LogP contribution is -2.41. The highest BCUT2D eigenvalue weighted by Gasteiger charge is 2.30. The standard InChI is InChI=1S/C19H21N7S/c20-10-16-9-18(24-13-23-16)25-5-1-14(2-6-25)15-3-7-26(8-4-15)19-22-12-17(11-21)27-19/h9,12-15H,1-8H2. The SMILES string of the molecule is N#Cc1cc(N2CCC(C3CCN(c4ncc(C#N)s4)CC3)CC2)ncn1. The normalized spacial score (nSPS) is 18.9. The van der Waals surface area contributed by atoms with Gasteiger partial charge in [-0.3, -0.25) is 0 Å². The highest BCUT2D eigenvalue weighted by atomic mass is 32.1. The summed E-state index contributed by atoms with van der Waals surface area (Å²) < 4.78 is 0. The Morgan fingerprint density at radius 2 is 1.56 bits per heavy atom. The fourth-order valence-electron chi connectivity index (χ4n) is 4.21. The van der Waals surface area contributed by atoms with E-state index in [1.54, 1.807) is 12.3 Å². The van der Waals surface area contributed by atoms with Gasteiger partial charge < -0.3 is 9.80 Å². The van der Waals surface area contributed by atoms with Crippen LogP contribution in [-0.2, 0) is 0 Å². The highest BCUT2D eigenvalue weighted by molar-refractivity contribution is 7.16. The van der Waals surface area contributed by atoms with Gasteiger partial charge in [-0.1, -0.05) is 11.3 Å². The Kier molecular flexibility index (Phi) is 5.17. The van der Waals surface area contributed by atoms with Crippen molar-refractivity contribution in [3.8, 4) is 12.1 Å². The molecule has 0 unspecified atom stereocenters. The summed E-state index contributed by atoms with van der Waals surface area (Å²) in [4.78, 5) is 17.9. The quantitative estimate of drug-likeness (QED) is 0.809. The van der Waals surface area contributed by atoms with Crippen LogP contribution in [0.2, 0.25) is 0 Å². The summed E-state index contributed by atoms with van der Waals surface area (Å²) in [6.45, 7) is 4.04. The molecule has 0 aliphatic carbocycles. The van der Waals surface area contributed by atoms with E-state index in [9.17, 15) is 0 Å². The lowest BCUT2D eigenvalue weighted by molar-refractivity contribution is 0.232. The van der Waals surface area contributed by atoms with Crippen molar-refractivity contribution in [2.24, 2.45) is 11.8 Å². The van der Waals surface area contributed by atoms with Gasteiger partial charge >= 0.3 is 0 Å². The zero-order valence-electron chi connectivity index (χ0n) is 15.1. The minimum atomic E-state index is 0.427. The summed E-state index contributed by atoms with van der Waals surface area (Å²) in [7, 11) is 0. The second-order valence-electron chi connectivity index (χ2n) is 7.14. The van der Waals surface area contributed by atoms with Crippen LogP contribution in [0.3, 0.4) is 0 Å². The third kappa shape index (κ3) is 3.86. The Morgan fingerprint density at radius 3 is 2.15 bits per heavy atom. The van der Waals surface area contributed by atoms with E-state index in [2.05, 4.69) is 36.9 Å². The van der Waals surface area contributed by atoms with Gasteiger partial charge in [-0.05, 0) is 37.5 Å². The van der Waals surface area contributed by atoms with E-state index in [0.29, 0.717) is 10.6 Å². The van der Waals surface area contributed by atoms with Crippen LogP contribution in [0.25, 0.3) is 0 Å². The molecular formula is C19H21N7S. The molecule has 138 valence electrons. The van der Waals surface area contributed by atoms with Crippen molar-refractivity contribution < 1.29 is 0 Å². The second kappa shape index (κ2) is 7.89. The maximum atomic E-state index is 9.01. The summed E-state index contributed by atoms with van der Waals surface area (Å²) in [5.41, 5.74) is 0.427. The zero-order valence-corrected chi connectivity index (χ0v) is 15.9. The van der Waals surface area contributed by atoms with Crippen LogP contribution in [0.1, 0.15) is 36.3 Å². The lowest BCUT2D eigenvalue weighted by Gasteiger charge is -2.40. The summed E-state index contributed by atoms with van der Waals surface area (Å²) in [6.07, 6.45) is 7.88. The van der Waals surface area contributed by atoms with E-state index in [1.807, 2.05) is 0 Å². The van der Waals surface area contributed by atoms with Gasteiger partial charge in [0.05, 0.1) is 6.20 Å². The predicted octanol–water partition coefficient (Wildman–Crippen LogP) is 2.81. The number of nitriles is 2. The molecule has 0 N–H and O–H groups in total. The van der Waals surface area contributed by atoms with Crippen molar-refractivity contribution in [1.82, 2.24) is 15.0 Å². The van der Waals surface area contributed by atoms with E-state index >= 15 is 0 Å². The van der Waals surface area contributed by atoms with E-state index in [4.69, 9.17) is 10.5 Å². The maximum absolute atomic E-state index is 9.01. The third-order valence-corrected chi connectivity index (χ3v) is 6.67. The molecule has 0 atom stereocenters. The van der Waals surface area contributed by atoms with Crippen LogP contribution >= 0.6 is 11.3 Å². The molecule has 0 spiro atoms. The molecule has 4 heterocycles. The molecule has 2 saturated heterocycles. The van der Waals surface area contributed by atoms with Crippen molar-refractivity contribution in [2.75, 3.05) is 36.0 Å². The van der Waals surface area contributed by atoms with E-state index in [1.165, 1.54) is 43.3 Å². The highest BCUT2D eigenvalue weighted by Crippen LogP contribution is 2.35. The van der Waals surface area contributed by atoms with Crippen LogP contribution in [0.15, 0.2) is 18.6 Å². The van der Waals surface area contributed by atoms with Crippen molar-refractivity contribution in [1.29, 1.82) is 10.5 Å². The van der Waals surface area contributed by atoms with E-state index in [-0.39, 0.29) is 0 Å². The fourth-order valence-corrected chi connectivity index (χ4v) is 4.97. The first-order valence-electron chi connectivity index (χ1n) is 9.35. The molecule has 0 saturated carbocycles. The Labute approximate surface area is 162 Å². The minimum Gasteiger partial charge on any atom is -0.356 e. The molecule has 2 aromatic heterocycles. The first kappa shape index (κ1) is 17.7. The number of piperidine rings is 2. The van der Waals surface area contributed by atoms with Gasteiger partial charge in [0, 0.05) is 32.2 Å². The summed E-state index contributed by atoms with van der Waals surface area (Å²) in [6, 6.07) is 6.03. The van der Waals surface area contributed by atoms with Crippen molar-refractivity contribution in [3.63, 3.8) is 0 Å². The largest absolute Gasteiger partial charge is 0.356 e. The smallest absolute Gasteiger partial charge is 0.186 e. The van der Waals surface area contributed by atoms with Gasteiger partial charge in [-0.2, -0.15) is 10.5 Å². The number of anilines is 2. The average Bonchev–Trinajstić information content (AvgIpc) is 3.23. The van der Waals surface area contributed by atoms with Gasteiger partial charge in [-0.25, -0.2) is 15.0 Å². The van der Waals surface area contributed by atoms with Crippen molar-refractivity contribution in [3.05, 3.63) is 29.2 Å². The molecule has 8 heteroatoms. The maximum Gasteiger partial charge on any atom is 0.186 e. The molecule has 2 aromatic rings. The molecule has 0 aromatic carbocycles. The Morgan fingerprint density at radius 1 is 0.889 bits per heavy atom.